The summed E-state index contributed by atoms with van der Waals surface area (Å²) in [7, 11) is 0. The zero-order valence-electron chi connectivity index (χ0n) is 7.97. The highest BCUT2D eigenvalue weighted by molar-refractivity contribution is 5.25. The van der Waals surface area contributed by atoms with Gasteiger partial charge in [0.15, 0.2) is 0 Å². The van der Waals surface area contributed by atoms with Crippen LogP contribution in [0.3, 0.4) is 0 Å². The Balaban J connectivity index is 2.71. The molecule has 0 heterocycles. The van der Waals surface area contributed by atoms with Crippen molar-refractivity contribution in [2.45, 2.75) is 39.0 Å². The van der Waals surface area contributed by atoms with E-state index in [1.54, 1.807) is 5.57 Å². The lowest BCUT2D eigenvalue weighted by molar-refractivity contribution is 0.723. The molecular formula is C12H18. The zero-order valence-corrected chi connectivity index (χ0v) is 7.97. The van der Waals surface area contributed by atoms with Crippen LogP contribution in [0.4, 0.5) is 0 Å². The molecular weight excluding hydrogens is 144 g/mol. The normalized spacial score (nSPS) is 27.4. The van der Waals surface area contributed by atoms with Crippen molar-refractivity contribution in [3.05, 3.63) is 36.0 Å². The van der Waals surface area contributed by atoms with Crippen LogP contribution in [-0.2, 0) is 0 Å². The molecule has 1 aliphatic rings. The lowest BCUT2D eigenvalue weighted by atomic mass is 9.96. The van der Waals surface area contributed by atoms with Crippen molar-refractivity contribution in [1.29, 1.82) is 0 Å². The number of hydrogen-bond donors (Lipinski definition) is 0. The smallest absolute Gasteiger partial charge is 0.0136 e. The molecule has 0 radical (unpaired) electrons. The predicted molar refractivity (Wildman–Crippen MR) is 55.1 cm³/mol. The molecule has 0 spiro atoms. The van der Waals surface area contributed by atoms with E-state index in [1.807, 2.05) is 6.08 Å². The van der Waals surface area contributed by atoms with Gasteiger partial charge in [0.25, 0.3) is 0 Å². The zero-order chi connectivity index (χ0) is 8.81. The molecule has 0 nitrogen and oxygen atoms in total. The Kier molecular flexibility index (Phi) is 3.86. The third kappa shape index (κ3) is 2.69. The first-order valence-electron chi connectivity index (χ1n) is 4.80. The van der Waals surface area contributed by atoms with Gasteiger partial charge in [0.2, 0.25) is 0 Å². The number of rotatable bonds is 2. The highest BCUT2D eigenvalue weighted by Crippen LogP contribution is 2.20. The topological polar surface area (TPSA) is 0 Å². The molecule has 0 atom stereocenters. The Labute approximate surface area is 75.7 Å². The first-order chi connectivity index (χ1) is 5.84. The molecule has 0 aromatic carbocycles. The fourth-order valence-electron chi connectivity index (χ4n) is 1.61. The fourth-order valence-corrected chi connectivity index (χ4v) is 1.61. The van der Waals surface area contributed by atoms with Gasteiger partial charge >= 0.3 is 0 Å². The van der Waals surface area contributed by atoms with E-state index in [-0.39, 0.29) is 0 Å². The molecule has 0 amide bonds. The van der Waals surface area contributed by atoms with Crippen LogP contribution < -0.4 is 0 Å². The van der Waals surface area contributed by atoms with Gasteiger partial charge in [0.05, 0.1) is 0 Å². The minimum Gasteiger partial charge on any atom is -0.103 e. The van der Waals surface area contributed by atoms with Crippen LogP contribution in [0.15, 0.2) is 36.0 Å². The molecule has 0 aromatic rings. The molecule has 0 aromatic heterocycles. The van der Waals surface area contributed by atoms with E-state index in [9.17, 15) is 0 Å². The van der Waals surface area contributed by atoms with E-state index in [1.165, 1.54) is 31.3 Å². The quantitative estimate of drug-likeness (QED) is 0.538. The first kappa shape index (κ1) is 9.31. The molecule has 0 heteroatoms. The molecule has 0 unspecified atom stereocenters. The molecule has 0 aliphatic heterocycles. The van der Waals surface area contributed by atoms with E-state index in [0.29, 0.717) is 0 Å². The van der Waals surface area contributed by atoms with Crippen LogP contribution in [0, 0.1) is 0 Å². The van der Waals surface area contributed by atoms with E-state index in [0.717, 1.165) is 6.42 Å². The highest BCUT2D eigenvalue weighted by Gasteiger charge is 2.01. The summed E-state index contributed by atoms with van der Waals surface area (Å²) >= 11 is 0. The minimum atomic E-state index is 1.07. The van der Waals surface area contributed by atoms with Crippen molar-refractivity contribution in [1.82, 2.24) is 0 Å². The van der Waals surface area contributed by atoms with E-state index >= 15 is 0 Å². The largest absolute Gasteiger partial charge is 0.103 e. The van der Waals surface area contributed by atoms with Crippen LogP contribution in [0.25, 0.3) is 0 Å². The molecule has 12 heavy (non-hydrogen) atoms. The van der Waals surface area contributed by atoms with Crippen molar-refractivity contribution in [2.24, 2.45) is 0 Å². The Morgan fingerprint density at radius 2 is 2.33 bits per heavy atom. The fraction of sp³-hybridized carbons (Fsp3) is 0.500. The van der Waals surface area contributed by atoms with Gasteiger partial charge in [-0.1, -0.05) is 29.4 Å². The molecule has 0 bridgehead atoms. The maximum Gasteiger partial charge on any atom is -0.0136 e. The average molecular weight is 162 g/mol. The molecule has 0 saturated heterocycles. The summed E-state index contributed by atoms with van der Waals surface area (Å²) in [5.74, 6) is 0. The second-order valence-electron chi connectivity index (χ2n) is 3.43. The maximum absolute atomic E-state index is 3.79. The predicted octanol–water partition coefficient (Wildman–Crippen LogP) is 4.01. The van der Waals surface area contributed by atoms with Gasteiger partial charge in [-0.2, -0.15) is 0 Å². The Hall–Kier alpha value is -0.780. The highest BCUT2D eigenvalue weighted by atomic mass is 14.1. The van der Waals surface area contributed by atoms with Gasteiger partial charge in [-0.25, -0.2) is 0 Å². The lowest BCUT2D eigenvalue weighted by Crippen LogP contribution is -1.90. The third-order valence-electron chi connectivity index (χ3n) is 2.42. The third-order valence-corrected chi connectivity index (χ3v) is 2.42. The average Bonchev–Trinajstić information content (AvgIpc) is 2.05. The standard InChI is InChI=1S/C12H18/c1-3-8-12-10-7-5-4-6-9-11(12)2/h3,6,9H,1,4-5,7-8,10H2,2H3/b9-6-,12-11-. The molecule has 0 saturated carbocycles. The van der Waals surface area contributed by atoms with Crippen LogP contribution in [0.5, 0.6) is 0 Å². The van der Waals surface area contributed by atoms with Crippen LogP contribution in [0.1, 0.15) is 39.0 Å². The Morgan fingerprint density at radius 3 is 3.08 bits per heavy atom. The molecule has 1 rings (SSSR count). The Morgan fingerprint density at radius 1 is 1.50 bits per heavy atom. The SMILES string of the molecule is C=CC/C1=C(C)/C=C\CCCC1. The summed E-state index contributed by atoms with van der Waals surface area (Å²) in [4.78, 5) is 0. The molecule has 0 fully saturated rings. The van der Waals surface area contributed by atoms with Crippen LogP contribution >= 0.6 is 0 Å². The maximum atomic E-state index is 3.79. The van der Waals surface area contributed by atoms with Crippen molar-refractivity contribution < 1.29 is 0 Å². The minimum absolute atomic E-state index is 1.07. The first-order valence-corrected chi connectivity index (χ1v) is 4.80. The molecule has 66 valence electrons. The summed E-state index contributed by atoms with van der Waals surface area (Å²) in [6.07, 6.45) is 12.8. The molecule has 1 aliphatic carbocycles. The number of allylic oxidation sites excluding steroid dienone is 5. The van der Waals surface area contributed by atoms with E-state index in [4.69, 9.17) is 0 Å². The van der Waals surface area contributed by atoms with Crippen molar-refractivity contribution >= 4 is 0 Å². The van der Waals surface area contributed by atoms with Crippen molar-refractivity contribution in [2.75, 3.05) is 0 Å². The lowest BCUT2D eigenvalue weighted by Gasteiger charge is -2.10. The monoisotopic (exact) mass is 162 g/mol. The van der Waals surface area contributed by atoms with Gasteiger partial charge in [-0.3, -0.25) is 0 Å². The van der Waals surface area contributed by atoms with Gasteiger partial charge in [-0.05, 0) is 39.0 Å². The van der Waals surface area contributed by atoms with E-state index < -0.39 is 0 Å². The second-order valence-corrected chi connectivity index (χ2v) is 3.43. The van der Waals surface area contributed by atoms with Gasteiger partial charge in [0, 0.05) is 0 Å². The summed E-state index contributed by atoms with van der Waals surface area (Å²) < 4.78 is 0. The molecule has 0 N–H and O–H groups in total. The van der Waals surface area contributed by atoms with Gasteiger partial charge in [-0.15, -0.1) is 6.58 Å². The summed E-state index contributed by atoms with van der Waals surface area (Å²) in [5, 5.41) is 0. The van der Waals surface area contributed by atoms with Gasteiger partial charge < -0.3 is 0 Å². The van der Waals surface area contributed by atoms with Crippen molar-refractivity contribution in [3.8, 4) is 0 Å². The van der Waals surface area contributed by atoms with Crippen LogP contribution in [-0.4, -0.2) is 0 Å². The summed E-state index contributed by atoms with van der Waals surface area (Å²) in [6, 6.07) is 0. The second kappa shape index (κ2) is 4.97. The van der Waals surface area contributed by atoms with Crippen molar-refractivity contribution in [3.63, 3.8) is 0 Å². The van der Waals surface area contributed by atoms with Gasteiger partial charge in [0.1, 0.15) is 0 Å². The summed E-state index contributed by atoms with van der Waals surface area (Å²) in [6.45, 7) is 5.99. The van der Waals surface area contributed by atoms with E-state index in [2.05, 4.69) is 25.7 Å². The van der Waals surface area contributed by atoms with Crippen LogP contribution in [0.2, 0.25) is 0 Å². The number of hydrogen-bond acceptors (Lipinski definition) is 0. The Bertz CT molecular complexity index is 206. The summed E-state index contributed by atoms with van der Waals surface area (Å²) in [5.41, 5.74) is 3.02.